The van der Waals surface area contributed by atoms with Gasteiger partial charge in [0.15, 0.2) is 0 Å². The highest BCUT2D eigenvalue weighted by molar-refractivity contribution is 6.21. The van der Waals surface area contributed by atoms with Crippen LogP contribution in [-0.4, -0.2) is 46.9 Å². The van der Waals surface area contributed by atoms with Crippen LogP contribution in [-0.2, 0) is 20.7 Å². The molecule has 2 amide bonds. The van der Waals surface area contributed by atoms with Crippen LogP contribution in [0.1, 0.15) is 39.6 Å². The van der Waals surface area contributed by atoms with Crippen LogP contribution in [0.5, 0.6) is 0 Å². The van der Waals surface area contributed by atoms with E-state index < -0.39 is 42.1 Å². The number of carboxylic acids is 1. The van der Waals surface area contributed by atoms with E-state index in [2.05, 4.69) is 0 Å². The Hall–Kier alpha value is -3.48. The number of imide groups is 1. The molecule has 1 aliphatic rings. The van der Waals surface area contributed by atoms with Crippen LogP contribution in [0.15, 0.2) is 54.6 Å². The first-order valence-electron chi connectivity index (χ1n) is 9.26. The van der Waals surface area contributed by atoms with Crippen molar-refractivity contribution in [2.75, 3.05) is 13.2 Å². The molecule has 150 valence electrons. The molecular formula is C22H21NO6. The summed E-state index contributed by atoms with van der Waals surface area (Å²) >= 11 is 0. The molecule has 0 spiro atoms. The van der Waals surface area contributed by atoms with Crippen LogP contribution < -0.4 is 0 Å². The smallest absolute Gasteiger partial charge is 0.312 e. The minimum Gasteiger partial charge on any atom is -0.481 e. The van der Waals surface area contributed by atoms with Crippen molar-refractivity contribution in [2.45, 2.75) is 19.8 Å². The summed E-state index contributed by atoms with van der Waals surface area (Å²) < 4.78 is 4.97. The molecule has 2 aromatic carbocycles. The van der Waals surface area contributed by atoms with E-state index in [1.54, 1.807) is 49.4 Å². The lowest BCUT2D eigenvalue weighted by Crippen LogP contribution is -2.48. The molecular weight excluding hydrogens is 374 g/mol. The third-order valence-electron chi connectivity index (χ3n) is 4.97. The highest BCUT2D eigenvalue weighted by Gasteiger charge is 2.47. The average molecular weight is 395 g/mol. The summed E-state index contributed by atoms with van der Waals surface area (Å²) in [7, 11) is 0. The fraction of sp³-hybridized carbons (Fsp3) is 0.273. The average Bonchev–Trinajstić information content (AvgIpc) is 2.94. The molecule has 7 heteroatoms. The summed E-state index contributed by atoms with van der Waals surface area (Å²) in [6, 6.07) is 15.1. The first kappa shape index (κ1) is 20.3. The number of esters is 1. The summed E-state index contributed by atoms with van der Waals surface area (Å²) in [6.45, 7) is 1.30. The molecule has 2 aromatic rings. The summed E-state index contributed by atoms with van der Waals surface area (Å²) in [5.41, 5.74) is -0.572. The van der Waals surface area contributed by atoms with Gasteiger partial charge in [0.1, 0.15) is 5.41 Å². The van der Waals surface area contributed by atoms with Gasteiger partial charge in [-0.15, -0.1) is 0 Å². The van der Waals surface area contributed by atoms with E-state index >= 15 is 0 Å². The summed E-state index contributed by atoms with van der Waals surface area (Å²) in [5, 5.41) is 10.1. The number of hydrogen-bond acceptors (Lipinski definition) is 5. The van der Waals surface area contributed by atoms with Crippen molar-refractivity contribution < 1.29 is 29.0 Å². The zero-order chi connectivity index (χ0) is 21.0. The second-order valence-corrected chi connectivity index (χ2v) is 6.97. The van der Waals surface area contributed by atoms with E-state index in [0.29, 0.717) is 5.56 Å². The maximum atomic E-state index is 12.8. The topological polar surface area (TPSA) is 101 Å². The van der Waals surface area contributed by atoms with Gasteiger partial charge in [-0.1, -0.05) is 42.5 Å². The number of rotatable bonds is 8. The van der Waals surface area contributed by atoms with Crippen molar-refractivity contribution in [3.8, 4) is 0 Å². The van der Waals surface area contributed by atoms with E-state index in [1.165, 1.54) is 12.1 Å². The maximum Gasteiger partial charge on any atom is 0.312 e. The summed E-state index contributed by atoms with van der Waals surface area (Å²) in [5.74, 6) is -3.09. The van der Waals surface area contributed by atoms with Crippen LogP contribution in [0.25, 0.3) is 0 Å². The lowest BCUT2D eigenvalue weighted by molar-refractivity contribution is -0.158. The number of aliphatic carboxylic acids is 1. The van der Waals surface area contributed by atoms with Gasteiger partial charge in [0.25, 0.3) is 11.8 Å². The Morgan fingerprint density at radius 3 is 2.03 bits per heavy atom. The number of nitrogens with zero attached hydrogens (tertiary/aromatic N) is 1. The minimum absolute atomic E-state index is 0.0323. The predicted octanol–water partition coefficient (Wildman–Crippen LogP) is 2.55. The van der Waals surface area contributed by atoms with Gasteiger partial charge in [-0.2, -0.15) is 0 Å². The predicted molar refractivity (Wildman–Crippen MR) is 103 cm³/mol. The van der Waals surface area contributed by atoms with E-state index in [9.17, 15) is 24.3 Å². The Morgan fingerprint density at radius 1 is 0.966 bits per heavy atom. The van der Waals surface area contributed by atoms with Gasteiger partial charge in [0.2, 0.25) is 0 Å². The fourth-order valence-corrected chi connectivity index (χ4v) is 3.55. The molecule has 0 saturated heterocycles. The number of hydrogen-bond donors (Lipinski definition) is 1. The van der Waals surface area contributed by atoms with Gasteiger partial charge in [-0.3, -0.25) is 24.1 Å². The number of benzene rings is 2. The molecule has 0 saturated carbocycles. The quantitative estimate of drug-likeness (QED) is 0.545. The van der Waals surface area contributed by atoms with Gasteiger partial charge in [-0.25, -0.2) is 0 Å². The van der Waals surface area contributed by atoms with E-state index in [-0.39, 0.29) is 24.2 Å². The van der Waals surface area contributed by atoms with E-state index in [4.69, 9.17) is 4.74 Å². The molecule has 0 aromatic heterocycles. The first-order chi connectivity index (χ1) is 13.9. The molecule has 0 bridgehead atoms. The second kappa shape index (κ2) is 8.26. The fourth-order valence-electron chi connectivity index (χ4n) is 3.55. The highest BCUT2D eigenvalue weighted by Crippen LogP contribution is 2.33. The molecule has 1 N–H and O–H groups in total. The van der Waals surface area contributed by atoms with Crippen molar-refractivity contribution in [1.29, 1.82) is 0 Å². The van der Waals surface area contributed by atoms with Crippen LogP contribution >= 0.6 is 0 Å². The molecule has 3 rings (SSSR count). The van der Waals surface area contributed by atoms with Crippen molar-refractivity contribution in [3.63, 3.8) is 0 Å². The van der Waals surface area contributed by atoms with Crippen LogP contribution in [0.2, 0.25) is 0 Å². The van der Waals surface area contributed by atoms with E-state index in [0.717, 1.165) is 4.90 Å². The molecule has 0 radical (unpaired) electrons. The van der Waals surface area contributed by atoms with E-state index in [1.807, 2.05) is 0 Å². The largest absolute Gasteiger partial charge is 0.481 e. The zero-order valence-corrected chi connectivity index (χ0v) is 16.0. The van der Waals surface area contributed by atoms with Crippen molar-refractivity contribution in [3.05, 3.63) is 71.3 Å². The standard InChI is InChI=1S/C22H21NO6/c1-2-29-18(24)13-22(21(27)28,12-15-8-4-3-5-9-15)14-23-19(25)16-10-6-7-11-17(16)20(23)26/h3-11H,2,12-14H2,1H3,(H,27,28). The van der Waals surface area contributed by atoms with Crippen LogP contribution in [0.3, 0.4) is 0 Å². The number of carboxylic acid groups (broad SMARTS) is 1. The maximum absolute atomic E-state index is 12.8. The Kier molecular flexibility index (Phi) is 5.77. The number of ether oxygens (including phenoxy) is 1. The number of carbonyl (C=O) groups excluding carboxylic acids is 3. The third-order valence-corrected chi connectivity index (χ3v) is 4.97. The molecule has 1 aliphatic heterocycles. The van der Waals surface area contributed by atoms with Gasteiger partial charge in [0, 0.05) is 6.54 Å². The summed E-state index contributed by atoms with van der Waals surface area (Å²) in [6.07, 6.45) is -0.492. The molecule has 1 heterocycles. The van der Waals surface area contributed by atoms with Gasteiger partial charge in [0.05, 0.1) is 24.2 Å². The lowest BCUT2D eigenvalue weighted by Gasteiger charge is -2.32. The van der Waals surface area contributed by atoms with Crippen LogP contribution in [0.4, 0.5) is 0 Å². The minimum atomic E-state index is -1.71. The number of amides is 2. The summed E-state index contributed by atoms with van der Waals surface area (Å²) in [4.78, 5) is 51.1. The normalized spacial score (nSPS) is 15.0. The van der Waals surface area contributed by atoms with Crippen molar-refractivity contribution >= 4 is 23.8 Å². The molecule has 0 fully saturated rings. The Labute approximate surface area is 167 Å². The Bertz CT molecular complexity index is 920. The molecule has 0 aliphatic carbocycles. The second-order valence-electron chi connectivity index (χ2n) is 6.97. The monoisotopic (exact) mass is 395 g/mol. The lowest BCUT2D eigenvalue weighted by atomic mass is 9.78. The van der Waals surface area contributed by atoms with Crippen molar-refractivity contribution in [2.24, 2.45) is 5.41 Å². The highest BCUT2D eigenvalue weighted by atomic mass is 16.5. The number of fused-ring (bicyclic) bond motifs is 1. The molecule has 1 atom stereocenters. The molecule has 29 heavy (non-hydrogen) atoms. The van der Waals surface area contributed by atoms with Crippen molar-refractivity contribution in [1.82, 2.24) is 4.90 Å². The van der Waals surface area contributed by atoms with Crippen LogP contribution in [0, 0.1) is 5.41 Å². The Balaban J connectivity index is 1.98. The molecule has 7 nitrogen and oxygen atoms in total. The Morgan fingerprint density at radius 2 is 1.52 bits per heavy atom. The van der Waals surface area contributed by atoms with Gasteiger partial charge in [-0.05, 0) is 31.0 Å². The zero-order valence-electron chi connectivity index (χ0n) is 16.0. The SMILES string of the molecule is CCOC(=O)CC(Cc1ccccc1)(CN1C(=O)c2ccccc2C1=O)C(=O)O. The third kappa shape index (κ3) is 4.03. The molecule has 1 unspecified atom stereocenters. The first-order valence-corrected chi connectivity index (χ1v) is 9.26. The van der Waals surface area contributed by atoms with Gasteiger partial charge >= 0.3 is 11.9 Å². The number of carbonyl (C=O) groups is 4. The van der Waals surface area contributed by atoms with Gasteiger partial charge < -0.3 is 9.84 Å².